The Morgan fingerprint density at radius 3 is 2.29 bits per heavy atom. The van der Waals surface area contributed by atoms with Gasteiger partial charge in [-0.2, -0.15) is 5.26 Å². The molecule has 0 spiro atoms. The van der Waals surface area contributed by atoms with Crippen LogP contribution in [0.1, 0.15) is 57.4 Å². The number of ether oxygens (including phenoxy) is 1. The fourth-order valence-electron chi connectivity index (χ4n) is 5.60. The number of fused-ring (bicyclic) bond motifs is 1. The van der Waals surface area contributed by atoms with Crippen LogP contribution in [0.4, 0.5) is 4.39 Å². The van der Waals surface area contributed by atoms with E-state index in [-0.39, 0.29) is 17.7 Å². The molecule has 2 aliphatic carbocycles. The number of nitrogens with zero attached hydrogens (tertiary/aromatic N) is 2. The molecule has 3 fully saturated rings. The van der Waals surface area contributed by atoms with Crippen LogP contribution in [0.5, 0.6) is 5.75 Å². The number of carbonyl (C=O) groups excluding carboxylic acids is 1. The van der Waals surface area contributed by atoms with Gasteiger partial charge in [0.25, 0.3) is 5.91 Å². The number of halogens is 1. The zero-order valence-corrected chi connectivity index (χ0v) is 19.2. The highest BCUT2D eigenvalue weighted by Gasteiger charge is 2.59. The Bertz CT molecular complexity index is 1300. The molecule has 35 heavy (non-hydrogen) atoms. The number of hydrogen-bond donors (Lipinski definition) is 1. The molecule has 0 bridgehead atoms. The maximum Gasteiger partial charge on any atom is 0.251 e. The minimum absolute atomic E-state index is 0.0555. The first kappa shape index (κ1) is 21.8. The van der Waals surface area contributed by atoms with E-state index < -0.39 is 11.7 Å². The van der Waals surface area contributed by atoms with Gasteiger partial charge in [-0.1, -0.05) is 42.5 Å². The van der Waals surface area contributed by atoms with Crippen molar-refractivity contribution in [1.29, 1.82) is 5.26 Å². The first-order chi connectivity index (χ1) is 17.0. The van der Waals surface area contributed by atoms with Gasteiger partial charge in [-0.15, -0.1) is 0 Å². The van der Waals surface area contributed by atoms with Crippen LogP contribution in [-0.4, -0.2) is 30.0 Å². The van der Waals surface area contributed by atoms with E-state index >= 15 is 0 Å². The molecule has 1 heterocycles. The number of carbonyl (C=O) groups is 1. The van der Waals surface area contributed by atoms with Gasteiger partial charge in [0, 0.05) is 31.0 Å². The number of primary amides is 1. The summed E-state index contributed by atoms with van der Waals surface area (Å²) in [5.41, 5.74) is 9.23. The summed E-state index contributed by atoms with van der Waals surface area (Å²) in [5.74, 6) is 0.278. The van der Waals surface area contributed by atoms with Crippen LogP contribution in [-0.2, 0) is 0 Å². The van der Waals surface area contributed by atoms with Crippen LogP contribution in [0, 0.1) is 29.0 Å². The van der Waals surface area contributed by atoms with Crippen molar-refractivity contribution >= 4 is 5.91 Å². The van der Waals surface area contributed by atoms with Crippen LogP contribution >= 0.6 is 0 Å². The van der Waals surface area contributed by atoms with Gasteiger partial charge in [0.05, 0.1) is 23.2 Å². The predicted octanol–water partition coefficient (Wildman–Crippen LogP) is 4.77. The number of nitrogens with two attached hydrogens (primary N) is 1. The molecule has 2 unspecified atom stereocenters. The molecule has 3 atom stereocenters. The molecule has 3 aliphatic rings. The summed E-state index contributed by atoms with van der Waals surface area (Å²) in [4.78, 5) is 14.1. The normalized spacial score (nSPS) is 23.8. The van der Waals surface area contributed by atoms with Gasteiger partial charge in [0.15, 0.2) is 0 Å². The van der Waals surface area contributed by atoms with Gasteiger partial charge in [0.1, 0.15) is 17.7 Å². The van der Waals surface area contributed by atoms with E-state index in [0.29, 0.717) is 29.1 Å². The Hall–Kier alpha value is -3.69. The Labute approximate surface area is 203 Å². The average molecular weight is 468 g/mol. The zero-order chi connectivity index (χ0) is 24.1. The van der Waals surface area contributed by atoms with Crippen LogP contribution in [0.25, 0.3) is 0 Å². The monoisotopic (exact) mass is 467 g/mol. The van der Waals surface area contributed by atoms with Crippen LogP contribution in [0.3, 0.4) is 0 Å². The van der Waals surface area contributed by atoms with Crippen molar-refractivity contribution in [3.8, 4) is 11.8 Å². The highest BCUT2D eigenvalue weighted by Crippen LogP contribution is 2.53. The Balaban J connectivity index is 1.21. The third kappa shape index (κ3) is 4.06. The molecule has 1 saturated heterocycles. The van der Waals surface area contributed by atoms with Gasteiger partial charge in [0.2, 0.25) is 0 Å². The van der Waals surface area contributed by atoms with E-state index in [1.807, 2.05) is 30.3 Å². The fourth-order valence-corrected chi connectivity index (χ4v) is 5.60. The molecule has 2 N–H and O–H groups in total. The Kier molecular flexibility index (Phi) is 5.31. The maximum atomic E-state index is 14.5. The van der Waals surface area contributed by atoms with Crippen molar-refractivity contribution in [3.63, 3.8) is 0 Å². The summed E-state index contributed by atoms with van der Waals surface area (Å²) in [5, 5.41) is 9.18. The summed E-state index contributed by atoms with van der Waals surface area (Å²) < 4.78 is 20.9. The standard InChI is InChI=1S/C29H26FN3O2/c30-25-13-26(21(18-10-11-18)12-22(25)29(32)34)35-28-23-15-33(16-24(23)28)27(19-4-2-1-3-5-19)20-8-6-17(14-31)7-9-20/h1-9,12-13,18,23-24,27-28H,10-11,15-16H2,(H2,32,34)/t23?,24?,27-,28?/m1/s1. The molecule has 1 aliphatic heterocycles. The molecule has 3 aromatic rings. The molecular formula is C29H26FN3O2. The van der Waals surface area contributed by atoms with Crippen molar-refractivity contribution in [3.05, 3.63) is 100 Å². The molecule has 2 saturated carbocycles. The first-order valence-electron chi connectivity index (χ1n) is 12.1. The lowest BCUT2D eigenvalue weighted by molar-refractivity contribution is 0.0996. The summed E-state index contributed by atoms with van der Waals surface area (Å²) in [6, 6.07) is 23.5. The van der Waals surface area contributed by atoms with Crippen molar-refractivity contribution in [2.24, 2.45) is 17.6 Å². The quantitative estimate of drug-likeness (QED) is 0.543. The second-order valence-corrected chi connectivity index (χ2v) is 9.92. The van der Waals surface area contributed by atoms with E-state index in [1.165, 1.54) is 11.6 Å². The lowest BCUT2D eigenvalue weighted by atomic mass is 9.96. The number of likely N-dealkylation sites (tertiary alicyclic amines) is 1. The topological polar surface area (TPSA) is 79.3 Å². The van der Waals surface area contributed by atoms with E-state index in [9.17, 15) is 14.4 Å². The Morgan fingerprint density at radius 1 is 1.03 bits per heavy atom. The van der Waals surface area contributed by atoms with Crippen molar-refractivity contribution in [1.82, 2.24) is 4.90 Å². The molecule has 0 aromatic heterocycles. The molecule has 5 nitrogen and oxygen atoms in total. The van der Waals surface area contributed by atoms with Crippen molar-refractivity contribution in [2.75, 3.05) is 13.1 Å². The number of nitriles is 1. The SMILES string of the molecule is N#Cc1ccc([C@@H](c2ccccc2)N2CC3C(C2)C3Oc2cc(F)c(C(N)=O)cc2C2CC2)cc1. The number of rotatable bonds is 7. The number of amides is 1. The molecule has 6 rings (SSSR count). The van der Waals surface area contributed by atoms with Crippen molar-refractivity contribution < 1.29 is 13.9 Å². The third-order valence-electron chi connectivity index (χ3n) is 7.62. The summed E-state index contributed by atoms with van der Waals surface area (Å²) in [6.07, 6.45) is 2.10. The molecule has 1 amide bonds. The largest absolute Gasteiger partial charge is 0.489 e. The van der Waals surface area contributed by atoms with Crippen LogP contribution < -0.4 is 10.5 Å². The second-order valence-electron chi connectivity index (χ2n) is 9.92. The molecule has 176 valence electrons. The minimum atomic E-state index is -0.746. The van der Waals surface area contributed by atoms with E-state index in [1.54, 1.807) is 6.07 Å². The highest BCUT2D eigenvalue weighted by atomic mass is 19.1. The molecular weight excluding hydrogens is 441 g/mol. The van der Waals surface area contributed by atoms with E-state index in [2.05, 4.69) is 35.2 Å². The lowest BCUT2D eigenvalue weighted by Crippen LogP contribution is -2.32. The predicted molar refractivity (Wildman–Crippen MR) is 129 cm³/mol. The lowest BCUT2D eigenvalue weighted by Gasteiger charge is -2.31. The zero-order valence-electron chi connectivity index (χ0n) is 19.2. The van der Waals surface area contributed by atoms with Gasteiger partial charge in [-0.05, 0) is 53.6 Å². The number of hydrogen-bond acceptors (Lipinski definition) is 4. The highest BCUT2D eigenvalue weighted by molar-refractivity contribution is 5.93. The van der Waals surface area contributed by atoms with Gasteiger partial charge in [-0.3, -0.25) is 9.69 Å². The van der Waals surface area contributed by atoms with Gasteiger partial charge in [-0.25, -0.2) is 4.39 Å². The fraction of sp³-hybridized carbons (Fsp3) is 0.310. The van der Waals surface area contributed by atoms with Gasteiger partial charge < -0.3 is 10.5 Å². The smallest absolute Gasteiger partial charge is 0.251 e. The maximum absolute atomic E-state index is 14.5. The van der Waals surface area contributed by atoms with E-state index in [4.69, 9.17) is 10.5 Å². The first-order valence-corrected chi connectivity index (χ1v) is 12.1. The molecule has 0 radical (unpaired) electrons. The van der Waals surface area contributed by atoms with Crippen LogP contribution in [0.15, 0.2) is 66.7 Å². The van der Waals surface area contributed by atoms with E-state index in [0.717, 1.165) is 37.1 Å². The summed E-state index contributed by atoms with van der Waals surface area (Å²) in [6.45, 7) is 1.77. The molecule has 6 heteroatoms. The van der Waals surface area contributed by atoms with Crippen molar-refractivity contribution in [2.45, 2.75) is 30.9 Å². The molecule has 3 aromatic carbocycles. The van der Waals surface area contributed by atoms with Crippen LogP contribution in [0.2, 0.25) is 0 Å². The summed E-state index contributed by atoms with van der Waals surface area (Å²) >= 11 is 0. The third-order valence-corrected chi connectivity index (χ3v) is 7.62. The summed E-state index contributed by atoms with van der Waals surface area (Å²) in [7, 11) is 0. The van der Waals surface area contributed by atoms with Gasteiger partial charge >= 0.3 is 0 Å². The minimum Gasteiger partial charge on any atom is -0.489 e. The Morgan fingerprint density at radius 2 is 1.69 bits per heavy atom. The average Bonchev–Trinajstić information content (AvgIpc) is 3.77. The number of benzene rings is 3. The second kappa shape index (κ2) is 8.51. The number of piperidine rings is 1.